The first kappa shape index (κ1) is 23.9. The zero-order valence-corrected chi connectivity index (χ0v) is 21.2. The molecule has 164 valence electrons. The predicted octanol–water partition coefficient (Wildman–Crippen LogP) is 5.84. The van der Waals surface area contributed by atoms with E-state index in [4.69, 9.17) is 0 Å². The Hall–Kier alpha value is -1.80. The van der Waals surface area contributed by atoms with Crippen molar-refractivity contribution in [3.63, 3.8) is 0 Å². The summed E-state index contributed by atoms with van der Waals surface area (Å²) in [6.07, 6.45) is 0.899. The van der Waals surface area contributed by atoms with E-state index in [1.54, 1.807) is 0 Å². The number of benzene rings is 3. The van der Waals surface area contributed by atoms with Gasteiger partial charge in [0.25, 0.3) is 0 Å². The maximum Gasteiger partial charge on any atom is 0.0976 e. The van der Waals surface area contributed by atoms with Crippen molar-refractivity contribution in [2.45, 2.75) is 52.3 Å². The van der Waals surface area contributed by atoms with Crippen molar-refractivity contribution in [3.8, 4) is 0 Å². The molecule has 0 aliphatic heterocycles. The number of nitrogens with one attached hydrogen (secondary N) is 1. The van der Waals surface area contributed by atoms with Crippen molar-refractivity contribution in [1.29, 1.82) is 0 Å². The molecule has 1 N–H and O–H groups in total. The van der Waals surface area contributed by atoms with Gasteiger partial charge >= 0.3 is 0 Å². The van der Waals surface area contributed by atoms with Gasteiger partial charge in [0, 0.05) is 6.04 Å². The Kier molecular flexibility index (Phi) is 7.86. The molecule has 0 saturated carbocycles. The van der Waals surface area contributed by atoms with Crippen LogP contribution in [0.1, 0.15) is 49.1 Å². The van der Waals surface area contributed by atoms with Crippen molar-refractivity contribution < 1.29 is 4.21 Å². The molecule has 2 atom stereocenters. The molecule has 0 aromatic heterocycles. The minimum Gasteiger partial charge on any atom is -0.242 e. The van der Waals surface area contributed by atoms with E-state index < -0.39 is 18.9 Å². The van der Waals surface area contributed by atoms with E-state index in [0.29, 0.717) is 0 Å². The lowest BCUT2D eigenvalue weighted by Crippen LogP contribution is -2.38. The molecule has 2 nitrogen and oxygen atoms in total. The van der Waals surface area contributed by atoms with Crippen LogP contribution in [0, 0.1) is 20.8 Å². The molecule has 0 heterocycles. The Bertz CT molecular complexity index is 966. The van der Waals surface area contributed by atoms with Gasteiger partial charge in [-0.1, -0.05) is 78.4 Å². The van der Waals surface area contributed by atoms with Gasteiger partial charge in [-0.15, -0.1) is 0 Å². The predicted molar refractivity (Wildman–Crippen MR) is 138 cm³/mol. The van der Waals surface area contributed by atoms with Gasteiger partial charge in [-0.3, -0.25) is 0 Å². The summed E-state index contributed by atoms with van der Waals surface area (Å²) in [5.41, 5.74) is 5.07. The first-order valence-electron chi connectivity index (χ1n) is 10.8. The van der Waals surface area contributed by atoms with Crippen LogP contribution in [0.4, 0.5) is 0 Å². The van der Waals surface area contributed by atoms with Crippen LogP contribution in [-0.4, -0.2) is 15.1 Å². The monoisotopic (exact) mass is 451 g/mol. The zero-order chi connectivity index (χ0) is 22.6. The van der Waals surface area contributed by atoms with E-state index in [1.807, 2.05) is 20.8 Å². The van der Waals surface area contributed by atoms with E-state index in [-0.39, 0.29) is 10.8 Å². The van der Waals surface area contributed by atoms with E-state index in [1.165, 1.54) is 32.9 Å². The highest BCUT2D eigenvalue weighted by atomic mass is 32.2. The van der Waals surface area contributed by atoms with Crippen LogP contribution in [0.5, 0.6) is 0 Å². The summed E-state index contributed by atoms with van der Waals surface area (Å²) in [7, 11) is -1.77. The summed E-state index contributed by atoms with van der Waals surface area (Å²) in [6, 6.07) is 26.0. The maximum absolute atomic E-state index is 13.2. The normalized spacial score (nSPS) is 13.9. The van der Waals surface area contributed by atoms with Crippen molar-refractivity contribution >= 4 is 29.5 Å². The quantitative estimate of drug-likeness (QED) is 0.450. The third kappa shape index (κ3) is 6.13. The molecule has 4 heteroatoms. The van der Waals surface area contributed by atoms with Gasteiger partial charge in [0.1, 0.15) is 0 Å². The van der Waals surface area contributed by atoms with Crippen LogP contribution in [0.25, 0.3) is 0 Å². The lowest BCUT2D eigenvalue weighted by Gasteiger charge is -2.30. The summed E-state index contributed by atoms with van der Waals surface area (Å²) in [5.74, 6) is 0. The second-order valence-corrected chi connectivity index (χ2v) is 13.4. The van der Waals surface area contributed by atoms with E-state index in [0.717, 1.165) is 6.16 Å². The van der Waals surface area contributed by atoms with E-state index >= 15 is 0 Å². The summed E-state index contributed by atoms with van der Waals surface area (Å²) >= 11 is 0. The Morgan fingerprint density at radius 1 is 0.839 bits per heavy atom. The molecule has 0 amide bonds. The Morgan fingerprint density at radius 2 is 1.29 bits per heavy atom. The molecule has 1 unspecified atom stereocenters. The Morgan fingerprint density at radius 3 is 1.71 bits per heavy atom. The first-order valence-corrected chi connectivity index (χ1v) is 13.5. The SMILES string of the molecule is Cc1cc(C)c([C@@H](CP(c2ccccc2)c2ccccc2)NS(=O)C(C)(C)C)c(C)c1. The highest BCUT2D eigenvalue weighted by Gasteiger charge is 2.28. The third-order valence-corrected chi connectivity index (χ3v) is 9.58. The Balaban J connectivity index is 2.08. The molecule has 0 aliphatic carbocycles. The van der Waals surface area contributed by atoms with Gasteiger partial charge in [-0.25, -0.2) is 8.93 Å². The van der Waals surface area contributed by atoms with Gasteiger partial charge in [0.05, 0.1) is 15.7 Å². The maximum atomic E-state index is 13.2. The van der Waals surface area contributed by atoms with Crippen LogP contribution >= 0.6 is 7.92 Å². The highest BCUT2D eigenvalue weighted by molar-refractivity contribution is 7.84. The molecule has 0 spiro atoms. The van der Waals surface area contributed by atoms with Gasteiger partial charge in [0.15, 0.2) is 0 Å². The van der Waals surface area contributed by atoms with Crippen molar-refractivity contribution in [2.24, 2.45) is 0 Å². The topological polar surface area (TPSA) is 29.1 Å². The molecule has 0 fully saturated rings. The van der Waals surface area contributed by atoms with Gasteiger partial charge in [-0.2, -0.15) is 0 Å². The number of hydrogen-bond donors (Lipinski definition) is 1. The fourth-order valence-electron chi connectivity index (χ4n) is 3.99. The summed E-state index contributed by atoms with van der Waals surface area (Å²) in [4.78, 5) is 0. The average Bonchev–Trinajstić information content (AvgIpc) is 2.71. The lowest BCUT2D eigenvalue weighted by atomic mass is 9.95. The molecule has 0 aliphatic rings. The van der Waals surface area contributed by atoms with Crippen LogP contribution in [0.15, 0.2) is 72.8 Å². The van der Waals surface area contributed by atoms with Gasteiger partial charge in [-0.05, 0) is 82.9 Å². The standard InChI is InChI=1S/C27H34NOPS/c1-20-17-21(2)26(22(3)18-20)25(28-31(29)27(4,5)6)19-30(23-13-9-7-10-14-23)24-15-11-8-12-16-24/h7-18,25,28H,19H2,1-6H3/t25-,31?/m1/s1. The summed E-state index contributed by atoms with van der Waals surface area (Å²) in [5, 5.41) is 2.69. The number of rotatable bonds is 7. The van der Waals surface area contributed by atoms with Crippen molar-refractivity contribution in [3.05, 3.63) is 95.1 Å². The zero-order valence-electron chi connectivity index (χ0n) is 19.5. The van der Waals surface area contributed by atoms with E-state index in [2.05, 4.69) is 98.3 Å². The molecule has 3 rings (SSSR count). The molecular weight excluding hydrogens is 417 g/mol. The third-order valence-electron chi connectivity index (χ3n) is 5.39. The average molecular weight is 452 g/mol. The molecule has 31 heavy (non-hydrogen) atoms. The molecule has 0 saturated heterocycles. The Labute approximate surface area is 191 Å². The second-order valence-electron chi connectivity index (χ2n) is 9.15. The smallest absolute Gasteiger partial charge is 0.0976 e. The number of aryl methyl sites for hydroxylation is 3. The molecule has 0 bridgehead atoms. The van der Waals surface area contributed by atoms with Crippen molar-refractivity contribution in [1.82, 2.24) is 4.72 Å². The van der Waals surface area contributed by atoms with E-state index in [9.17, 15) is 4.21 Å². The molecular formula is C27H34NOPS. The molecule has 0 radical (unpaired) electrons. The minimum absolute atomic E-state index is 0.00665. The van der Waals surface area contributed by atoms with Crippen molar-refractivity contribution in [2.75, 3.05) is 6.16 Å². The lowest BCUT2D eigenvalue weighted by molar-refractivity contribution is 0.616. The van der Waals surface area contributed by atoms with Crippen LogP contribution in [0.2, 0.25) is 0 Å². The minimum atomic E-state index is -1.16. The molecule has 3 aromatic rings. The largest absolute Gasteiger partial charge is 0.242 e. The fourth-order valence-corrected chi connectivity index (χ4v) is 7.35. The first-order chi connectivity index (χ1) is 14.7. The number of hydrogen-bond acceptors (Lipinski definition) is 1. The van der Waals surface area contributed by atoms with Gasteiger partial charge in [0.2, 0.25) is 0 Å². The van der Waals surface area contributed by atoms with Gasteiger partial charge < -0.3 is 0 Å². The van der Waals surface area contributed by atoms with Crippen LogP contribution < -0.4 is 15.3 Å². The van der Waals surface area contributed by atoms with Crippen LogP contribution in [-0.2, 0) is 11.0 Å². The highest BCUT2D eigenvalue weighted by Crippen LogP contribution is 2.40. The van der Waals surface area contributed by atoms with Crippen LogP contribution in [0.3, 0.4) is 0 Å². The molecule has 3 aromatic carbocycles. The summed E-state index contributed by atoms with van der Waals surface area (Å²) < 4.78 is 16.4. The fraction of sp³-hybridized carbons (Fsp3) is 0.333. The summed E-state index contributed by atoms with van der Waals surface area (Å²) in [6.45, 7) is 12.6. The second kappa shape index (κ2) is 10.2.